The molecule has 7 aromatic carbocycles. The molecule has 2 nitrogen and oxygen atoms in total. The summed E-state index contributed by atoms with van der Waals surface area (Å²) in [7, 11) is 0. The van der Waals surface area contributed by atoms with E-state index in [1.807, 2.05) is 0 Å². The van der Waals surface area contributed by atoms with Crippen LogP contribution in [0.5, 0.6) is 0 Å². The average molecular weight is 921 g/mol. The van der Waals surface area contributed by atoms with Gasteiger partial charge < -0.3 is 9.80 Å². The van der Waals surface area contributed by atoms with Crippen LogP contribution < -0.4 is 26.2 Å². The van der Waals surface area contributed by atoms with E-state index in [1.54, 1.807) is 0 Å². The van der Waals surface area contributed by atoms with Crippen LogP contribution in [0.25, 0.3) is 22.3 Å². The third-order valence-electron chi connectivity index (χ3n) is 16.4. The Hall–Kier alpha value is -5.80. The number of anilines is 6. The van der Waals surface area contributed by atoms with Gasteiger partial charge in [0.25, 0.3) is 6.71 Å². The molecule has 0 unspecified atom stereocenters. The molecular weight excluding hydrogens is 844 g/mol. The molecule has 0 amide bonds. The van der Waals surface area contributed by atoms with Crippen LogP contribution in [0.1, 0.15) is 163 Å². The molecular formula is C67H77BN2. The molecule has 0 radical (unpaired) electrons. The number of hydrogen-bond acceptors (Lipinski definition) is 2. The minimum absolute atomic E-state index is 0.00340. The molecule has 0 atom stereocenters. The minimum Gasteiger partial charge on any atom is -0.311 e. The third kappa shape index (κ3) is 8.14. The fraction of sp³-hybridized carbons (Fsp3) is 0.373. The van der Waals surface area contributed by atoms with Crippen molar-refractivity contribution in [1.82, 2.24) is 0 Å². The molecule has 1 aliphatic carbocycles. The summed E-state index contributed by atoms with van der Waals surface area (Å²) in [5.74, 6) is 0. The van der Waals surface area contributed by atoms with E-state index in [0.29, 0.717) is 0 Å². The van der Waals surface area contributed by atoms with Gasteiger partial charge in [0.1, 0.15) is 0 Å². The fourth-order valence-electron chi connectivity index (χ4n) is 11.7. The van der Waals surface area contributed by atoms with Crippen molar-refractivity contribution in [2.45, 2.75) is 163 Å². The maximum atomic E-state index is 2.69. The number of rotatable bonds is 4. The van der Waals surface area contributed by atoms with Crippen molar-refractivity contribution in [1.29, 1.82) is 0 Å². The number of nitrogens with zero attached hydrogens (tertiary/aromatic N) is 2. The van der Waals surface area contributed by atoms with Gasteiger partial charge >= 0.3 is 0 Å². The first-order chi connectivity index (χ1) is 32.6. The highest BCUT2D eigenvalue weighted by Gasteiger charge is 2.47. The first-order valence-corrected chi connectivity index (χ1v) is 26.2. The molecule has 0 aromatic heterocycles. The maximum Gasteiger partial charge on any atom is 0.252 e. The summed E-state index contributed by atoms with van der Waals surface area (Å²) >= 11 is 0. The summed E-state index contributed by atoms with van der Waals surface area (Å²) in [5, 5.41) is 0. The molecule has 2 heterocycles. The highest BCUT2D eigenvalue weighted by atomic mass is 15.2. The van der Waals surface area contributed by atoms with Crippen LogP contribution in [-0.4, -0.2) is 6.71 Å². The van der Waals surface area contributed by atoms with Crippen molar-refractivity contribution in [2.75, 3.05) is 9.80 Å². The zero-order valence-electron chi connectivity index (χ0n) is 45.6. The van der Waals surface area contributed by atoms with E-state index in [9.17, 15) is 0 Å². The molecule has 0 fully saturated rings. The third-order valence-corrected chi connectivity index (χ3v) is 16.4. The molecule has 0 N–H and O–H groups in total. The summed E-state index contributed by atoms with van der Waals surface area (Å²) in [6, 6.07) is 53.0. The fourth-order valence-corrected chi connectivity index (χ4v) is 11.7. The predicted octanol–water partition coefficient (Wildman–Crippen LogP) is 17.0. The van der Waals surface area contributed by atoms with E-state index in [2.05, 4.69) is 261 Å². The van der Waals surface area contributed by atoms with Gasteiger partial charge in [0.15, 0.2) is 0 Å². The van der Waals surface area contributed by atoms with Crippen molar-refractivity contribution < 1.29 is 0 Å². The Morgan fingerprint density at radius 3 is 1.46 bits per heavy atom. The zero-order chi connectivity index (χ0) is 50.2. The Bertz CT molecular complexity index is 3190. The summed E-state index contributed by atoms with van der Waals surface area (Å²) in [6.07, 6.45) is 2.33. The lowest BCUT2D eigenvalue weighted by Crippen LogP contribution is -2.62. The standard InChI is InChI=1S/C67H77BN2/c1-42-35-59-61-60(36-42)70(56-32-30-48(64(8,9)10)38-51(56)45-23-21-43(22-24-45)44-25-27-46(28-26-44)62(2,3)4)58-41-53-52(66(14,15)33-34-67(53,16)17)40-55(58)68(61)54-31-29-49(65(11,12)13)39-57(54)69(59)50-20-18-19-47(37-50)63(5,6)7/h18-32,35-41H,33-34H2,1-17H3. The largest absolute Gasteiger partial charge is 0.311 e. The zero-order valence-corrected chi connectivity index (χ0v) is 45.6. The predicted molar refractivity (Wildman–Crippen MR) is 306 cm³/mol. The lowest BCUT2D eigenvalue weighted by molar-refractivity contribution is 0.332. The van der Waals surface area contributed by atoms with Gasteiger partial charge in [-0.3, -0.25) is 0 Å². The second-order valence-corrected chi connectivity index (χ2v) is 26.8. The van der Waals surface area contributed by atoms with E-state index in [-0.39, 0.29) is 39.2 Å². The van der Waals surface area contributed by atoms with Gasteiger partial charge in [0.05, 0.1) is 5.69 Å². The van der Waals surface area contributed by atoms with Crippen LogP contribution in [0.2, 0.25) is 0 Å². The summed E-state index contributed by atoms with van der Waals surface area (Å²) < 4.78 is 0. The summed E-state index contributed by atoms with van der Waals surface area (Å²) in [6.45, 7) is 40.2. The molecule has 3 heteroatoms. The van der Waals surface area contributed by atoms with Crippen LogP contribution in [0.3, 0.4) is 0 Å². The lowest BCUT2D eigenvalue weighted by Gasteiger charge is -2.48. The Morgan fingerprint density at radius 2 is 0.871 bits per heavy atom. The Balaban J connectivity index is 1.28. The van der Waals surface area contributed by atoms with Gasteiger partial charge in [0, 0.05) is 34.0 Å². The maximum absolute atomic E-state index is 2.69. The molecule has 3 aliphatic rings. The molecule has 358 valence electrons. The van der Waals surface area contributed by atoms with Crippen LogP contribution in [0, 0.1) is 6.92 Å². The second kappa shape index (κ2) is 16.1. The van der Waals surface area contributed by atoms with E-state index >= 15 is 0 Å². The SMILES string of the molecule is Cc1cc2c3c(c1)N(c1ccc(C(C)(C)C)cc1-c1ccc(-c4ccc(C(C)(C)C)cc4)cc1)c1cc4c(cc1B3c1ccc(C(C)(C)C)cc1N2c1cccc(C(C)(C)C)c1)C(C)(C)CCC4(C)C. The van der Waals surface area contributed by atoms with Crippen molar-refractivity contribution >= 4 is 57.2 Å². The Labute approximate surface area is 422 Å². The van der Waals surface area contributed by atoms with Gasteiger partial charge in [-0.2, -0.15) is 0 Å². The molecule has 0 saturated carbocycles. The number of aryl methyl sites for hydroxylation is 1. The van der Waals surface area contributed by atoms with Crippen LogP contribution in [0.15, 0.2) is 133 Å². The highest BCUT2D eigenvalue weighted by molar-refractivity contribution is 7.00. The summed E-state index contributed by atoms with van der Waals surface area (Å²) in [5.41, 5.74) is 26.4. The summed E-state index contributed by atoms with van der Waals surface area (Å²) in [4.78, 5) is 5.31. The number of fused-ring (bicyclic) bond motifs is 5. The van der Waals surface area contributed by atoms with Gasteiger partial charge in [-0.05, 0) is 173 Å². The van der Waals surface area contributed by atoms with Crippen molar-refractivity contribution in [3.8, 4) is 22.3 Å². The smallest absolute Gasteiger partial charge is 0.252 e. The molecule has 0 spiro atoms. The molecule has 0 saturated heterocycles. The van der Waals surface area contributed by atoms with Crippen LogP contribution in [-0.2, 0) is 32.5 Å². The molecule has 70 heavy (non-hydrogen) atoms. The van der Waals surface area contributed by atoms with E-state index in [4.69, 9.17) is 0 Å². The minimum atomic E-state index is -0.0399. The number of benzene rings is 7. The first-order valence-electron chi connectivity index (χ1n) is 26.2. The van der Waals surface area contributed by atoms with Crippen molar-refractivity contribution in [3.05, 3.63) is 172 Å². The molecule has 10 rings (SSSR count). The van der Waals surface area contributed by atoms with Gasteiger partial charge in [-0.25, -0.2) is 0 Å². The topological polar surface area (TPSA) is 6.48 Å². The van der Waals surface area contributed by atoms with Gasteiger partial charge in [0.2, 0.25) is 0 Å². The van der Waals surface area contributed by atoms with Crippen molar-refractivity contribution in [2.24, 2.45) is 0 Å². The quantitative estimate of drug-likeness (QED) is 0.162. The molecule has 7 aromatic rings. The normalized spacial score (nSPS) is 16.1. The van der Waals surface area contributed by atoms with E-state index < -0.39 is 0 Å². The second-order valence-electron chi connectivity index (χ2n) is 26.8. The number of hydrogen-bond donors (Lipinski definition) is 0. The van der Waals surface area contributed by atoms with Crippen molar-refractivity contribution in [3.63, 3.8) is 0 Å². The van der Waals surface area contributed by atoms with E-state index in [1.165, 1.54) is 118 Å². The lowest BCUT2D eigenvalue weighted by atomic mass is 9.33. The average Bonchev–Trinajstić information content (AvgIpc) is 3.28. The van der Waals surface area contributed by atoms with Gasteiger partial charge in [-0.15, -0.1) is 0 Å². The van der Waals surface area contributed by atoms with Crippen LogP contribution >= 0.6 is 0 Å². The monoisotopic (exact) mass is 921 g/mol. The molecule has 2 aliphatic heterocycles. The Morgan fingerprint density at radius 1 is 0.400 bits per heavy atom. The highest BCUT2D eigenvalue weighted by Crippen LogP contribution is 2.52. The van der Waals surface area contributed by atoms with Crippen LogP contribution in [0.4, 0.5) is 34.1 Å². The molecule has 0 bridgehead atoms. The first kappa shape index (κ1) is 47.9. The van der Waals surface area contributed by atoms with E-state index in [0.717, 1.165) is 6.42 Å². The Kier molecular flexibility index (Phi) is 11.0. The van der Waals surface area contributed by atoms with Gasteiger partial charge in [-0.1, -0.05) is 196 Å².